The van der Waals surface area contributed by atoms with Gasteiger partial charge in [-0.05, 0) is 53.2 Å². The Bertz CT molecular complexity index is 1160. The average Bonchev–Trinajstić information content (AvgIpc) is 3.58. The van der Waals surface area contributed by atoms with Crippen LogP contribution in [0.5, 0.6) is 11.6 Å². The Hall–Kier alpha value is -4.05. The summed E-state index contributed by atoms with van der Waals surface area (Å²) in [4.78, 5) is 9.11. The van der Waals surface area contributed by atoms with Crippen molar-refractivity contribution in [2.75, 3.05) is 25.6 Å². The molecule has 168 valence electrons. The van der Waals surface area contributed by atoms with E-state index in [1.807, 2.05) is 54.7 Å². The van der Waals surface area contributed by atoms with Crippen LogP contribution in [0.15, 0.2) is 60.9 Å². The Balaban J connectivity index is 1.45. The molecule has 2 N–H and O–H groups in total. The predicted octanol–water partition coefficient (Wildman–Crippen LogP) is 3.03. The molecule has 10 nitrogen and oxygen atoms in total. The Morgan fingerprint density at radius 1 is 1.15 bits per heavy atom. The fourth-order valence-corrected chi connectivity index (χ4v) is 3.65. The number of tetrazole rings is 1. The predicted molar refractivity (Wildman–Crippen MR) is 120 cm³/mol. The number of rotatable bonds is 8. The normalized spacial score (nSPS) is 16.3. The van der Waals surface area contributed by atoms with Gasteiger partial charge in [0.1, 0.15) is 6.10 Å². The van der Waals surface area contributed by atoms with Gasteiger partial charge in [-0.15, -0.1) is 10.2 Å². The fraction of sp³-hybridized carbons (Fsp3) is 0.261. The molecule has 33 heavy (non-hydrogen) atoms. The van der Waals surface area contributed by atoms with Gasteiger partial charge in [0.15, 0.2) is 5.75 Å². The average molecular weight is 445 g/mol. The second kappa shape index (κ2) is 9.61. The second-order valence-electron chi connectivity index (χ2n) is 7.52. The number of aromatic amines is 1. The number of hydrogen-bond donors (Lipinski definition) is 2. The summed E-state index contributed by atoms with van der Waals surface area (Å²) < 4.78 is 17.0. The summed E-state index contributed by atoms with van der Waals surface area (Å²) in [5, 5.41) is 17.7. The molecule has 0 aliphatic carbocycles. The van der Waals surface area contributed by atoms with Crippen LogP contribution < -0.4 is 14.8 Å². The number of aromatic nitrogens is 6. The minimum atomic E-state index is -0.261. The van der Waals surface area contributed by atoms with Crippen molar-refractivity contribution in [1.82, 2.24) is 30.6 Å². The molecule has 10 heteroatoms. The molecule has 1 fully saturated rings. The van der Waals surface area contributed by atoms with Crippen molar-refractivity contribution < 1.29 is 14.2 Å². The molecule has 4 aromatic rings. The maximum atomic E-state index is 6.10. The fourth-order valence-electron chi connectivity index (χ4n) is 3.65. The van der Waals surface area contributed by atoms with Gasteiger partial charge in [0.2, 0.25) is 5.82 Å². The van der Waals surface area contributed by atoms with E-state index in [0.717, 1.165) is 28.9 Å². The highest BCUT2D eigenvalue weighted by Gasteiger charge is 2.23. The Labute approximate surface area is 190 Å². The van der Waals surface area contributed by atoms with Crippen LogP contribution in [0.25, 0.3) is 11.4 Å². The van der Waals surface area contributed by atoms with E-state index in [-0.39, 0.29) is 12.1 Å². The van der Waals surface area contributed by atoms with Crippen molar-refractivity contribution in [2.45, 2.75) is 18.6 Å². The van der Waals surface area contributed by atoms with Gasteiger partial charge in [0, 0.05) is 30.1 Å². The van der Waals surface area contributed by atoms with Gasteiger partial charge in [0.05, 0.1) is 32.1 Å². The lowest BCUT2D eigenvalue weighted by Gasteiger charge is -2.22. The molecule has 0 bridgehead atoms. The highest BCUT2D eigenvalue weighted by molar-refractivity contribution is 5.60. The monoisotopic (exact) mass is 445 g/mol. The molecule has 1 aliphatic rings. The van der Waals surface area contributed by atoms with Crippen molar-refractivity contribution in [2.24, 2.45) is 0 Å². The van der Waals surface area contributed by atoms with Gasteiger partial charge < -0.3 is 19.5 Å². The number of anilines is 1. The summed E-state index contributed by atoms with van der Waals surface area (Å²) in [5.74, 6) is 1.58. The van der Waals surface area contributed by atoms with E-state index in [9.17, 15) is 0 Å². The number of ether oxygens (including phenoxy) is 3. The molecule has 1 aromatic carbocycles. The zero-order valence-corrected chi connectivity index (χ0v) is 18.0. The van der Waals surface area contributed by atoms with E-state index >= 15 is 0 Å². The standard InChI is InChI=1S/C23H23N7O3/c1-31-20-9-8-19(26-23(20)33-18-10-12-32-14-18)21(16-3-2-11-24-13-16)25-17-6-4-15(5-7-17)22-27-29-30-28-22/h2-9,11,13,18,21,25H,10,12,14H2,1H3,(H,27,28,29,30). The largest absolute Gasteiger partial charge is 0.491 e. The minimum absolute atomic E-state index is 0.0378. The van der Waals surface area contributed by atoms with E-state index in [2.05, 4.69) is 30.9 Å². The van der Waals surface area contributed by atoms with Crippen LogP contribution in [-0.2, 0) is 4.74 Å². The SMILES string of the molecule is COc1ccc(C(Nc2ccc(-c3nn[nH]n3)cc2)c2cccnc2)nc1OC1CCOC1. The molecule has 0 amide bonds. The van der Waals surface area contributed by atoms with E-state index < -0.39 is 0 Å². The van der Waals surface area contributed by atoms with E-state index in [0.29, 0.717) is 30.7 Å². The molecular formula is C23H23N7O3. The van der Waals surface area contributed by atoms with Gasteiger partial charge in [-0.2, -0.15) is 5.21 Å². The number of nitrogens with zero attached hydrogens (tertiary/aromatic N) is 5. The molecule has 2 unspecified atom stereocenters. The maximum Gasteiger partial charge on any atom is 0.257 e. The van der Waals surface area contributed by atoms with Crippen molar-refractivity contribution in [3.63, 3.8) is 0 Å². The van der Waals surface area contributed by atoms with Crippen LogP contribution in [-0.4, -0.2) is 57.0 Å². The number of methoxy groups -OCH3 is 1. The minimum Gasteiger partial charge on any atom is -0.491 e. The molecule has 2 atom stereocenters. The van der Waals surface area contributed by atoms with Gasteiger partial charge in [-0.1, -0.05) is 6.07 Å². The lowest BCUT2D eigenvalue weighted by Crippen LogP contribution is -2.19. The lowest BCUT2D eigenvalue weighted by atomic mass is 10.0. The number of H-pyrrole nitrogens is 1. The van der Waals surface area contributed by atoms with E-state index in [1.165, 1.54) is 0 Å². The van der Waals surface area contributed by atoms with E-state index in [1.54, 1.807) is 13.3 Å². The molecule has 4 heterocycles. The van der Waals surface area contributed by atoms with E-state index in [4.69, 9.17) is 19.2 Å². The molecule has 3 aromatic heterocycles. The number of nitrogens with one attached hydrogen (secondary N) is 2. The third-order valence-corrected chi connectivity index (χ3v) is 5.35. The smallest absolute Gasteiger partial charge is 0.257 e. The van der Waals surface area contributed by atoms with Crippen LogP contribution in [0.2, 0.25) is 0 Å². The van der Waals surface area contributed by atoms with Crippen molar-refractivity contribution in [1.29, 1.82) is 0 Å². The van der Waals surface area contributed by atoms with Crippen LogP contribution in [0.1, 0.15) is 23.7 Å². The van der Waals surface area contributed by atoms with Crippen LogP contribution in [0, 0.1) is 0 Å². The van der Waals surface area contributed by atoms with Crippen LogP contribution >= 0.6 is 0 Å². The summed E-state index contributed by atoms with van der Waals surface area (Å²) in [6, 6.07) is 15.2. The number of pyridine rings is 2. The molecule has 5 rings (SSSR count). The first-order chi connectivity index (χ1) is 16.3. The van der Waals surface area contributed by atoms with Gasteiger partial charge in [-0.25, -0.2) is 4.98 Å². The zero-order valence-electron chi connectivity index (χ0n) is 18.0. The first-order valence-corrected chi connectivity index (χ1v) is 10.6. The van der Waals surface area contributed by atoms with Gasteiger partial charge >= 0.3 is 0 Å². The quantitative estimate of drug-likeness (QED) is 0.422. The summed E-state index contributed by atoms with van der Waals surface area (Å²) in [6.07, 6.45) is 4.36. The summed E-state index contributed by atoms with van der Waals surface area (Å²) >= 11 is 0. The maximum absolute atomic E-state index is 6.10. The highest BCUT2D eigenvalue weighted by atomic mass is 16.6. The van der Waals surface area contributed by atoms with Crippen LogP contribution in [0.4, 0.5) is 5.69 Å². The third-order valence-electron chi connectivity index (χ3n) is 5.35. The summed E-state index contributed by atoms with van der Waals surface area (Å²) in [5.41, 5.74) is 3.51. The topological polar surface area (TPSA) is 120 Å². The number of hydrogen-bond acceptors (Lipinski definition) is 9. The van der Waals surface area contributed by atoms with Gasteiger partial charge in [0.25, 0.3) is 5.88 Å². The van der Waals surface area contributed by atoms with Crippen molar-refractivity contribution in [3.8, 4) is 23.0 Å². The summed E-state index contributed by atoms with van der Waals surface area (Å²) in [7, 11) is 1.61. The van der Waals surface area contributed by atoms with Crippen molar-refractivity contribution >= 4 is 5.69 Å². The third kappa shape index (κ3) is 4.75. The van der Waals surface area contributed by atoms with Gasteiger partial charge in [-0.3, -0.25) is 4.98 Å². The first-order valence-electron chi connectivity index (χ1n) is 10.6. The zero-order chi connectivity index (χ0) is 22.5. The molecule has 0 saturated carbocycles. The number of benzene rings is 1. The molecular weight excluding hydrogens is 422 g/mol. The molecule has 0 spiro atoms. The molecule has 0 radical (unpaired) electrons. The van der Waals surface area contributed by atoms with Crippen LogP contribution in [0.3, 0.4) is 0 Å². The highest BCUT2D eigenvalue weighted by Crippen LogP contribution is 2.32. The Morgan fingerprint density at radius 2 is 2.06 bits per heavy atom. The Morgan fingerprint density at radius 3 is 2.76 bits per heavy atom. The Kier molecular flexibility index (Phi) is 6.07. The molecule has 1 saturated heterocycles. The second-order valence-corrected chi connectivity index (χ2v) is 7.52. The van der Waals surface area contributed by atoms with Crippen molar-refractivity contribution in [3.05, 3.63) is 72.2 Å². The lowest BCUT2D eigenvalue weighted by molar-refractivity contribution is 0.135. The first kappa shape index (κ1) is 20.8. The molecule has 1 aliphatic heterocycles. The summed E-state index contributed by atoms with van der Waals surface area (Å²) in [6.45, 7) is 1.23.